The summed E-state index contributed by atoms with van der Waals surface area (Å²) in [5.74, 6) is -2.37. The third-order valence-electron chi connectivity index (χ3n) is 4.10. The third kappa shape index (κ3) is 4.15. The molecule has 1 aliphatic heterocycles. The lowest BCUT2D eigenvalue weighted by atomic mass is 9.88. The highest BCUT2D eigenvalue weighted by molar-refractivity contribution is 6.01. The highest BCUT2D eigenvalue weighted by Crippen LogP contribution is 2.35. The molecule has 1 unspecified atom stereocenters. The molecule has 0 bridgehead atoms. The number of ether oxygens (including phenoxy) is 1. The second kappa shape index (κ2) is 6.82. The standard InChI is InChI=1S/C18H22FNO5/c1-17(2,3)25-16(24)20-9-5-8-18(20,15(22)23)11-14(21)12-6-4-7-13(19)10-12/h4,6-7,10H,5,8-9,11H2,1-3H3,(H,22,23). The largest absolute Gasteiger partial charge is 0.479 e. The number of carbonyl (C=O) groups excluding carboxylic acids is 2. The SMILES string of the molecule is CC(C)(C)OC(=O)N1CCCC1(CC(=O)c1cccc(F)c1)C(=O)O. The molecule has 1 N–H and O–H groups in total. The van der Waals surface area contributed by atoms with E-state index in [1.807, 2.05) is 0 Å². The van der Waals surface area contributed by atoms with Crippen molar-refractivity contribution in [2.45, 2.75) is 51.2 Å². The second-order valence-corrected chi connectivity index (χ2v) is 7.18. The van der Waals surface area contributed by atoms with Crippen molar-refractivity contribution in [2.75, 3.05) is 6.54 Å². The Morgan fingerprint density at radius 3 is 2.56 bits per heavy atom. The monoisotopic (exact) mass is 351 g/mol. The Kier molecular flexibility index (Phi) is 5.15. The van der Waals surface area contributed by atoms with Gasteiger partial charge in [-0.3, -0.25) is 9.69 Å². The Morgan fingerprint density at radius 1 is 1.32 bits per heavy atom. The van der Waals surface area contributed by atoms with E-state index in [0.29, 0.717) is 6.42 Å². The molecule has 6 nitrogen and oxygen atoms in total. The van der Waals surface area contributed by atoms with Crippen LogP contribution >= 0.6 is 0 Å². The maximum absolute atomic E-state index is 13.3. The zero-order valence-corrected chi connectivity index (χ0v) is 14.5. The van der Waals surface area contributed by atoms with E-state index in [-0.39, 0.29) is 18.5 Å². The van der Waals surface area contributed by atoms with Gasteiger partial charge in [0.05, 0.1) is 0 Å². The number of likely N-dealkylation sites (tertiary alicyclic amines) is 1. The maximum Gasteiger partial charge on any atom is 0.411 e. The van der Waals surface area contributed by atoms with E-state index in [1.165, 1.54) is 18.2 Å². The number of Topliss-reactive ketones (excluding diaryl/α,β-unsaturated/α-hetero) is 1. The molecule has 2 rings (SSSR count). The molecule has 1 fully saturated rings. The van der Waals surface area contributed by atoms with Crippen LogP contribution in [0.15, 0.2) is 24.3 Å². The lowest BCUT2D eigenvalue weighted by Gasteiger charge is -2.35. The molecule has 136 valence electrons. The van der Waals surface area contributed by atoms with Gasteiger partial charge in [-0.2, -0.15) is 0 Å². The molecule has 0 aliphatic carbocycles. The summed E-state index contributed by atoms with van der Waals surface area (Å²) in [6.07, 6.45) is -0.602. The molecular formula is C18H22FNO5. The number of nitrogens with zero attached hydrogens (tertiary/aromatic N) is 1. The van der Waals surface area contributed by atoms with Gasteiger partial charge in [0.25, 0.3) is 0 Å². The predicted octanol–water partition coefficient (Wildman–Crippen LogP) is 3.25. The summed E-state index contributed by atoms with van der Waals surface area (Å²) in [5.41, 5.74) is -2.38. The molecule has 1 amide bonds. The summed E-state index contributed by atoms with van der Waals surface area (Å²) in [5, 5.41) is 9.76. The van der Waals surface area contributed by atoms with Crippen molar-refractivity contribution < 1.29 is 28.6 Å². The molecule has 0 saturated carbocycles. The Labute approximate surface area is 145 Å². The van der Waals surface area contributed by atoms with Crippen LogP contribution in [0.25, 0.3) is 0 Å². The van der Waals surface area contributed by atoms with Crippen LogP contribution in [0, 0.1) is 5.82 Å². The molecule has 7 heteroatoms. The van der Waals surface area contributed by atoms with E-state index in [9.17, 15) is 23.9 Å². The van der Waals surface area contributed by atoms with E-state index in [2.05, 4.69) is 0 Å². The predicted molar refractivity (Wildman–Crippen MR) is 87.9 cm³/mol. The van der Waals surface area contributed by atoms with Gasteiger partial charge in [0.1, 0.15) is 11.4 Å². The van der Waals surface area contributed by atoms with Gasteiger partial charge in [0, 0.05) is 18.5 Å². The van der Waals surface area contributed by atoms with Crippen molar-refractivity contribution in [3.05, 3.63) is 35.6 Å². The first-order valence-electron chi connectivity index (χ1n) is 8.08. The molecule has 1 aliphatic rings. The lowest BCUT2D eigenvalue weighted by molar-refractivity contribution is -0.149. The number of amides is 1. The molecule has 1 aromatic carbocycles. The number of carboxylic acids is 1. The van der Waals surface area contributed by atoms with Crippen LogP contribution in [0.4, 0.5) is 9.18 Å². The fourth-order valence-electron chi connectivity index (χ4n) is 2.97. The van der Waals surface area contributed by atoms with Crippen molar-refractivity contribution in [3.8, 4) is 0 Å². The summed E-state index contributed by atoms with van der Waals surface area (Å²) in [6, 6.07) is 5.07. The third-order valence-corrected chi connectivity index (χ3v) is 4.10. The number of halogens is 1. The number of carboxylic acid groups (broad SMARTS) is 1. The van der Waals surface area contributed by atoms with E-state index >= 15 is 0 Å². The minimum absolute atomic E-state index is 0.0802. The average Bonchev–Trinajstić information content (AvgIpc) is 2.90. The van der Waals surface area contributed by atoms with Crippen LogP contribution < -0.4 is 0 Å². The van der Waals surface area contributed by atoms with Crippen LogP contribution in [0.5, 0.6) is 0 Å². The van der Waals surface area contributed by atoms with Crippen LogP contribution in [0.3, 0.4) is 0 Å². The fraction of sp³-hybridized carbons (Fsp3) is 0.500. The van der Waals surface area contributed by atoms with Gasteiger partial charge in [-0.05, 0) is 45.7 Å². The highest BCUT2D eigenvalue weighted by atomic mass is 19.1. The second-order valence-electron chi connectivity index (χ2n) is 7.18. The minimum Gasteiger partial charge on any atom is -0.479 e. The number of hydrogen-bond acceptors (Lipinski definition) is 4. The van der Waals surface area contributed by atoms with Crippen LogP contribution in [-0.4, -0.2) is 45.5 Å². The summed E-state index contributed by atoms with van der Waals surface area (Å²) in [7, 11) is 0. The topological polar surface area (TPSA) is 83.9 Å². The molecule has 1 saturated heterocycles. The first-order chi connectivity index (χ1) is 11.5. The van der Waals surface area contributed by atoms with Gasteiger partial charge < -0.3 is 9.84 Å². The number of rotatable bonds is 4. The number of hydrogen-bond donors (Lipinski definition) is 1. The van der Waals surface area contributed by atoms with E-state index in [4.69, 9.17) is 4.74 Å². The molecule has 0 aromatic heterocycles. The molecule has 1 atom stereocenters. The lowest BCUT2D eigenvalue weighted by Crippen LogP contribution is -2.55. The van der Waals surface area contributed by atoms with Crippen molar-refractivity contribution in [2.24, 2.45) is 0 Å². The number of benzene rings is 1. The first kappa shape index (κ1) is 18.9. The number of ketones is 1. The molecule has 1 aromatic rings. The summed E-state index contributed by atoms with van der Waals surface area (Å²) < 4.78 is 18.6. The fourth-order valence-corrected chi connectivity index (χ4v) is 2.97. The zero-order chi connectivity index (χ0) is 18.8. The van der Waals surface area contributed by atoms with Crippen molar-refractivity contribution in [1.29, 1.82) is 0 Å². The minimum atomic E-state index is -1.67. The van der Waals surface area contributed by atoms with Gasteiger partial charge in [-0.1, -0.05) is 12.1 Å². The first-order valence-corrected chi connectivity index (χ1v) is 8.08. The van der Waals surface area contributed by atoms with Crippen LogP contribution in [0.2, 0.25) is 0 Å². The Balaban J connectivity index is 2.29. The zero-order valence-electron chi connectivity index (χ0n) is 14.5. The number of aliphatic carboxylic acids is 1. The van der Waals surface area contributed by atoms with Gasteiger partial charge in [0.15, 0.2) is 11.3 Å². The summed E-state index contributed by atoms with van der Waals surface area (Å²) >= 11 is 0. The molecular weight excluding hydrogens is 329 g/mol. The quantitative estimate of drug-likeness (QED) is 0.842. The van der Waals surface area contributed by atoms with Crippen LogP contribution in [0.1, 0.15) is 50.4 Å². The van der Waals surface area contributed by atoms with E-state index in [0.717, 1.165) is 11.0 Å². The van der Waals surface area contributed by atoms with Gasteiger partial charge >= 0.3 is 12.1 Å². The smallest absolute Gasteiger partial charge is 0.411 e. The van der Waals surface area contributed by atoms with Crippen LogP contribution in [-0.2, 0) is 9.53 Å². The highest BCUT2D eigenvalue weighted by Gasteiger charge is 2.52. The van der Waals surface area contributed by atoms with Gasteiger partial charge in [-0.25, -0.2) is 14.0 Å². The molecule has 0 spiro atoms. The molecule has 25 heavy (non-hydrogen) atoms. The van der Waals surface area contributed by atoms with E-state index in [1.54, 1.807) is 20.8 Å². The van der Waals surface area contributed by atoms with Crippen molar-refractivity contribution in [1.82, 2.24) is 4.90 Å². The normalized spacial score (nSPS) is 20.4. The Morgan fingerprint density at radius 2 is 2.00 bits per heavy atom. The summed E-state index contributed by atoms with van der Waals surface area (Å²) in [4.78, 5) is 38.0. The number of carbonyl (C=O) groups is 3. The molecule has 1 heterocycles. The molecule has 0 radical (unpaired) electrons. The van der Waals surface area contributed by atoms with Crippen molar-refractivity contribution >= 4 is 17.8 Å². The Hall–Kier alpha value is -2.44. The summed E-state index contributed by atoms with van der Waals surface area (Å²) in [6.45, 7) is 5.24. The Bertz CT molecular complexity index is 697. The van der Waals surface area contributed by atoms with E-state index < -0.39 is 41.2 Å². The average molecular weight is 351 g/mol. The van der Waals surface area contributed by atoms with Gasteiger partial charge in [-0.15, -0.1) is 0 Å². The maximum atomic E-state index is 13.3. The van der Waals surface area contributed by atoms with Gasteiger partial charge in [0.2, 0.25) is 0 Å². The van der Waals surface area contributed by atoms with Crippen molar-refractivity contribution in [3.63, 3.8) is 0 Å².